The number of hydrogen-bond donors (Lipinski definition) is 2. The first-order valence-electron chi connectivity index (χ1n) is 4.72. The molecule has 0 aromatic carbocycles. The van der Waals surface area contributed by atoms with Crippen LogP contribution in [0, 0.1) is 0 Å². The number of amides is 1. The molecule has 1 N–H and O–H groups in total. The number of thiol groups is 1. The maximum absolute atomic E-state index is 11.0. The second kappa shape index (κ2) is 6.53. The van der Waals surface area contributed by atoms with E-state index in [-0.39, 0.29) is 18.3 Å². The van der Waals surface area contributed by atoms with Crippen LogP contribution in [0.5, 0.6) is 0 Å². The Kier molecular flexibility index (Phi) is 6.57. The Morgan fingerprint density at radius 1 is 1.64 bits per heavy atom. The molecule has 1 rings (SSSR count). The molecule has 1 aliphatic heterocycles. The van der Waals surface area contributed by atoms with Crippen LogP contribution in [0.4, 0.5) is 0 Å². The minimum absolute atomic E-state index is 0. The number of nitrogens with one attached hydrogen (secondary N) is 1. The minimum atomic E-state index is 0. The predicted octanol–water partition coefficient (Wildman–Crippen LogP) is 0.937. The fourth-order valence-electron chi connectivity index (χ4n) is 1.81. The van der Waals surface area contributed by atoms with Crippen molar-refractivity contribution in [3.05, 3.63) is 0 Å². The highest BCUT2D eigenvalue weighted by atomic mass is 35.5. The van der Waals surface area contributed by atoms with Crippen molar-refractivity contribution in [3.8, 4) is 0 Å². The molecule has 3 nitrogen and oxygen atoms in total. The Morgan fingerprint density at radius 2 is 2.29 bits per heavy atom. The first-order valence-corrected chi connectivity index (χ1v) is 5.24. The van der Waals surface area contributed by atoms with E-state index in [4.69, 9.17) is 0 Å². The lowest BCUT2D eigenvalue weighted by atomic mass is 10.1. The molecule has 1 fully saturated rings. The summed E-state index contributed by atoms with van der Waals surface area (Å²) in [5.41, 5.74) is 0. The van der Waals surface area contributed by atoms with Gasteiger partial charge in [0.1, 0.15) is 0 Å². The minimum Gasteiger partial charge on any atom is -0.359 e. The third-order valence-electron chi connectivity index (χ3n) is 2.65. The quantitative estimate of drug-likeness (QED) is 0.718. The molecule has 0 aromatic rings. The van der Waals surface area contributed by atoms with Crippen molar-refractivity contribution in [3.63, 3.8) is 0 Å². The van der Waals surface area contributed by atoms with Gasteiger partial charge in [0.2, 0.25) is 5.91 Å². The molecule has 0 aromatic heterocycles. The van der Waals surface area contributed by atoms with Crippen LogP contribution in [-0.2, 0) is 4.79 Å². The number of rotatable bonds is 3. The summed E-state index contributed by atoms with van der Waals surface area (Å²) in [6, 6.07) is 0.541. The van der Waals surface area contributed by atoms with Gasteiger partial charge < -0.3 is 10.2 Å². The molecule has 0 spiro atoms. The highest BCUT2D eigenvalue weighted by Gasteiger charge is 2.26. The molecule has 0 bridgehead atoms. The SMILES string of the molecule is CNC(=O)CC[C@@H]1C[C@H](S)CN1C.Cl. The van der Waals surface area contributed by atoms with E-state index in [9.17, 15) is 4.79 Å². The van der Waals surface area contributed by atoms with Gasteiger partial charge in [-0.05, 0) is 19.9 Å². The lowest BCUT2D eigenvalue weighted by molar-refractivity contribution is -0.120. The second-order valence-electron chi connectivity index (χ2n) is 3.69. The molecule has 0 radical (unpaired) electrons. The van der Waals surface area contributed by atoms with Crippen LogP contribution in [0.15, 0.2) is 0 Å². The van der Waals surface area contributed by atoms with Crippen molar-refractivity contribution in [2.75, 3.05) is 20.6 Å². The van der Waals surface area contributed by atoms with Gasteiger partial charge in [0.25, 0.3) is 0 Å². The molecule has 1 aliphatic rings. The average Bonchev–Trinajstić information content (AvgIpc) is 2.41. The number of hydrogen-bond acceptors (Lipinski definition) is 3. The second-order valence-corrected chi connectivity index (χ2v) is 4.43. The van der Waals surface area contributed by atoms with Crippen LogP contribution in [0.3, 0.4) is 0 Å². The first-order chi connectivity index (χ1) is 6.13. The van der Waals surface area contributed by atoms with Gasteiger partial charge in [-0.15, -0.1) is 12.4 Å². The van der Waals surface area contributed by atoms with Crippen molar-refractivity contribution in [1.82, 2.24) is 10.2 Å². The van der Waals surface area contributed by atoms with Gasteiger partial charge in [0.15, 0.2) is 0 Å². The predicted molar refractivity (Wildman–Crippen MR) is 64.4 cm³/mol. The van der Waals surface area contributed by atoms with Crippen molar-refractivity contribution >= 4 is 30.9 Å². The van der Waals surface area contributed by atoms with Crippen molar-refractivity contribution in [2.45, 2.75) is 30.6 Å². The maximum atomic E-state index is 11.0. The summed E-state index contributed by atoms with van der Waals surface area (Å²) < 4.78 is 0. The third-order valence-corrected chi connectivity index (χ3v) is 3.02. The standard InChI is InChI=1S/C9H18N2OS.ClH/c1-10-9(12)4-3-7-5-8(13)6-11(7)2;/h7-8,13H,3-6H2,1-2H3,(H,10,12);1H/t7-,8+;/m1./s1. The Balaban J connectivity index is 0.00000169. The van der Waals surface area contributed by atoms with Gasteiger partial charge in [-0.3, -0.25) is 4.79 Å². The molecular weight excluding hydrogens is 220 g/mol. The summed E-state index contributed by atoms with van der Waals surface area (Å²) in [5.74, 6) is 0.135. The summed E-state index contributed by atoms with van der Waals surface area (Å²) in [6.45, 7) is 1.04. The van der Waals surface area contributed by atoms with Crippen LogP contribution in [0.25, 0.3) is 0 Å². The van der Waals surface area contributed by atoms with E-state index in [1.807, 2.05) is 0 Å². The average molecular weight is 239 g/mol. The molecule has 1 heterocycles. The topological polar surface area (TPSA) is 32.3 Å². The van der Waals surface area contributed by atoms with Crippen LogP contribution in [0.1, 0.15) is 19.3 Å². The van der Waals surface area contributed by atoms with Crippen molar-refractivity contribution in [2.24, 2.45) is 0 Å². The highest BCUT2D eigenvalue weighted by Crippen LogP contribution is 2.23. The highest BCUT2D eigenvalue weighted by molar-refractivity contribution is 7.81. The van der Waals surface area contributed by atoms with Crippen LogP contribution < -0.4 is 5.32 Å². The summed E-state index contributed by atoms with van der Waals surface area (Å²) in [6.07, 6.45) is 2.69. The van der Waals surface area contributed by atoms with Crippen molar-refractivity contribution in [1.29, 1.82) is 0 Å². The molecule has 5 heteroatoms. The summed E-state index contributed by atoms with van der Waals surface area (Å²) in [7, 11) is 3.78. The Bertz CT molecular complexity index is 192. The third kappa shape index (κ3) is 4.07. The van der Waals surface area contributed by atoms with Crippen LogP contribution >= 0.6 is 25.0 Å². The molecule has 0 unspecified atom stereocenters. The lowest BCUT2D eigenvalue weighted by Crippen LogP contribution is -2.27. The van der Waals surface area contributed by atoms with E-state index < -0.39 is 0 Å². The van der Waals surface area contributed by atoms with Gasteiger partial charge in [-0.2, -0.15) is 12.6 Å². The van der Waals surface area contributed by atoms with Gasteiger partial charge in [0, 0.05) is 31.3 Å². The summed E-state index contributed by atoms with van der Waals surface area (Å²) in [4.78, 5) is 13.3. The maximum Gasteiger partial charge on any atom is 0.219 e. The fourth-order valence-corrected chi connectivity index (χ4v) is 2.31. The van der Waals surface area contributed by atoms with Gasteiger partial charge in [-0.25, -0.2) is 0 Å². The van der Waals surface area contributed by atoms with Crippen LogP contribution in [0.2, 0.25) is 0 Å². The first kappa shape index (κ1) is 14.1. The molecule has 84 valence electrons. The summed E-state index contributed by atoms with van der Waals surface area (Å²) >= 11 is 4.44. The monoisotopic (exact) mass is 238 g/mol. The summed E-state index contributed by atoms with van der Waals surface area (Å²) in [5, 5.41) is 3.12. The molecule has 0 saturated carbocycles. The molecule has 14 heavy (non-hydrogen) atoms. The van der Waals surface area contributed by atoms with E-state index in [0.29, 0.717) is 17.7 Å². The zero-order valence-electron chi connectivity index (χ0n) is 8.69. The van der Waals surface area contributed by atoms with Gasteiger partial charge >= 0.3 is 0 Å². The van der Waals surface area contributed by atoms with E-state index in [1.54, 1.807) is 7.05 Å². The van der Waals surface area contributed by atoms with E-state index in [1.165, 1.54) is 0 Å². The smallest absolute Gasteiger partial charge is 0.219 e. The normalized spacial score (nSPS) is 27.1. The van der Waals surface area contributed by atoms with Gasteiger partial charge in [0.05, 0.1) is 0 Å². The number of likely N-dealkylation sites (tertiary alicyclic amines) is 1. The lowest BCUT2D eigenvalue weighted by Gasteiger charge is -2.18. The van der Waals surface area contributed by atoms with Crippen molar-refractivity contribution < 1.29 is 4.79 Å². The Morgan fingerprint density at radius 3 is 2.71 bits per heavy atom. The van der Waals surface area contributed by atoms with E-state index >= 15 is 0 Å². The molecule has 1 amide bonds. The number of carbonyl (C=O) groups excluding carboxylic acids is 1. The number of halogens is 1. The van der Waals surface area contributed by atoms with Crippen LogP contribution in [-0.4, -0.2) is 42.7 Å². The zero-order valence-corrected chi connectivity index (χ0v) is 10.4. The Hall–Kier alpha value is 0.0700. The molecule has 0 aliphatic carbocycles. The number of nitrogens with zero attached hydrogens (tertiary/aromatic N) is 1. The zero-order chi connectivity index (χ0) is 9.84. The largest absolute Gasteiger partial charge is 0.359 e. The molecule has 2 atom stereocenters. The Labute approximate surface area is 97.4 Å². The van der Waals surface area contributed by atoms with E-state index in [2.05, 4.69) is 29.9 Å². The molecular formula is C9H19ClN2OS. The number of carbonyl (C=O) groups is 1. The van der Waals surface area contributed by atoms with Gasteiger partial charge in [-0.1, -0.05) is 0 Å². The fraction of sp³-hybridized carbons (Fsp3) is 0.889. The van der Waals surface area contributed by atoms with E-state index in [0.717, 1.165) is 19.4 Å². The molecule has 1 saturated heterocycles.